The molecule has 0 aromatic heterocycles. The van der Waals surface area contributed by atoms with Crippen LogP contribution in [0.3, 0.4) is 0 Å². The van der Waals surface area contributed by atoms with Crippen molar-refractivity contribution in [2.24, 2.45) is 0 Å². The van der Waals surface area contributed by atoms with E-state index in [-0.39, 0.29) is 0 Å². The van der Waals surface area contributed by atoms with Crippen LogP contribution >= 0.6 is 0 Å². The Morgan fingerprint density at radius 2 is 1.79 bits per heavy atom. The van der Waals surface area contributed by atoms with Crippen molar-refractivity contribution in [3.05, 3.63) is 24.3 Å². The van der Waals surface area contributed by atoms with Gasteiger partial charge in [-0.3, -0.25) is 0 Å². The Bertz CT molecular complexity index is 354. The summed E-state index contributed by atoms with van der Waals surface area (Å²) in [4.78, 5) is 2.63. The molecule has 0 spiro atoms. The van der Waals surface area contributed by atoms with Gasteiger partial charge in [-0.2, -0.15) is 0 Å². The Balaban J connectivity index is 2.10. The third kappa shape index (κ3) is 3.89. The van der Waals surface area contributed by atoms with Gasteiger partial charge in [-0.15, -0.1) is 0 Å². The average Bonchev–Trinajstić information content (AvgIpc) is 2.49. The minimum absolute atomic E-state index is 0.744. The Kier molecular flexibility index (Phi) is 5.56. The largest absolute Gasteiger partial charge is 0.497 e. The molecular weight excluding hydrogens is 234 g/mol. The van der Waals surface area contributed by atoms with Crippen molar-refractivity contribution < 1.29 is 4.74 Å². The summed E-state index contributed by atoms with van der Waals surface area (Å²) in [5, 5.41) is 0. The molecule has 0 radical (unpaired) electrons. The molecule has 0 amide bonds. The molecule has 19 heavy (non-hydrogen) atoms. The van der Waals surface area contributed by atoms with Gasteiger partial charge in [0.05, 0.1) is 7.11 Å². The van der Waals surface area contributed by atoms with Gasteiger partial charge in [0.2, 0.25) is 0 Å². The van der Waals surface area contributed by atoms with E-state index in [1.807, 2.05) is 0 Å². The van der Waals surface area contributed by atoms with E-state index in [9.17, 15) is 0 Å². The van der Waals surface area contributed by atoms with Crippen LogP contribution in [-0.4, -0.2) is 19.7 Å². The summed E-state index contributed by atoms with van der Waals surface area (Å²) in [6.45, 7) is 3.46. The third-order valence-electron chi connectivity index (χ3n) is 4.17. The van der Waals surface area contributed by atoms with E-state index in [4.69, 9.17) is 4.74 Å². The van der Waals surface area contributed by atoms with Crippen LogP contribution in [0.2, 0.25) is 0 Å². The maximum absolute atomic E-state index is 5.26. The lowest BCUT2D eigenvalue weighted by atomic mass is 9.93. The molecule has 1 aliphatic carbocycles. The highest BCUT2D eigenvalue weighted by Gasteiger charge is 2.20. The molecule has 106 valence electrons. The molecule has 0 unspecified atom stereocenters. The molecule has 0 saturated heterocycles. The third-order valence-corrected chi connectivity index (χ3v) is 4.17. The molecule has 1 aromatic rings. The van der Waals surface area contributed by atoms with Gasteiger partial charge >= 0.3 is 0 Å². The SMILES string of the molecule is CCCCN(c1ccc(OC)cc1)C1CCCCC1. The van der Waals surface area contributed by atoms with Gasteiger partial charge in [0, 0.05) is 18.3 Å². The van der Waals surface area contributed by atoms with E-state index >= 15 is 0 Å². The molecule has 0 N–H and O–H groups in total. The minimum Gasteiger partial charge on any atom is -0.497 e. The van der Waals surface area contributed by atoms with E-state index in [0.29, 0.717) is 0 Å². The second kappa shape index (κ2) is 7.42. The lowest BCUT2D eigenvalue weighted by Gasteiger charge is -2.36. The van der Waals surface area contributed by atoms with Crippen molar-refractivity contribution in [1.29, 1.82) is 0 Å². The quantitative estimate of drug-likeness (QED) is 0.740. The highest BCUT2D eigenvalue weighted by Crippen LogP contribution is 2.28. The zero-order chi connectivity index (χ0) is 13.5. The van der Waals surface area contributed by atoms with Crippen molar-refractivity contribution in [2.45, 2.75) is 57.9 Å². The highest BCUT2D eigenvalue weighted by atomic mass is 16.5. The predicted molar refractivity (Wildman–Crippen MR) is 82.1 cm³/mol. The van der Waals surface area contributed by atoms with Crippen LogP contribution in [0, 0.1) is 0 Å². The van der Waals surface area contributed by atoms with Crippen molar-refractivity contribution >= 4 is 5.69 Å². The first-order chi connectivity index (χ1) is 9.35. The number of unbranched alkanes of at least 4 members (excludes halogenated alkanes) is 1. The van der Waals surface area contributed by atoms with Gasteiger partial charge in [-0.05, 0) is 43.5 Å². The molecular formula is C17H27NO. The molecule has 0 heterocycles. The number of anilines is 1. The van der Waals surface area contributed by atoms with Crippen molar-refractivity contribution in [1.82, 2.24) is 0 Å². The first-order valence-electron chi connectivity index (χ1n) is 7.76. The van der Waals surface area contributed by atoms with E-state index in [1.54, 1.807) is 7.11 Å². The topological polar surface area (TPSA) is 12.5 Å². The smallest absolute Gasteiger partial charge is 0.119 e. The highest BCUT2D eigenvalue weighted by molar-refractivity contribution is 5.50. The van der Waals surface area contributed by atoms with Crippen molar-refractivity contribution in [2.75, 3.05) is 18.6 Å². The van der Waals surface area contributed by atoms with Gasteiger partial charge in [0.1, 0.15) is 5.75 Å². The molecule has 2 rings (SSSR count). The lowest BCUT2D eigenvalue weighted by Crippen LogP contribution is -2.37. The maximum Gasteiger partial charge on any atom is 0.119 e. The summed E-state index contributed by atoms with van der Waals surface area (Å²) in [5.41, 5.74) is 1.36. The van der Waals surface area contributed by atoms with Crippen LogP contribution in [0.25, 0.3) is 0 Å². The molecule has 0 bridgehead atoms. The Morgan fingerprint density at radius 3 is 2.37 bits per heavy atom. The number of methoxy groups -OCH3 is 1. The summed E-state index contributed by atoms with van der Waals surface area (Å²) in [5.74, 6) is 0.947. The van der Waals surface area contributed by atoms with Gasteiger partial charge < -0.3 is 9.64 Å². The van der Waals surface area contributed by atoms with Gasteiger partial charge in [0.15, 0.2) is 0 Å². The fourth-order valence-corrected chi connectivity index (χ4v) is 3.02. The normalized spacial score (nSPS) is 16.3. The lowest BCUT2D eigenvalue weighted by molar-refractivity contribution is 0.409. The summed E-state index contributed by atoms with van der Waals surface area (Å²) in [6.07, 6.45) is 9.46. The monoisotopic (exact) mass is 261 g/mol. The maximum atomic E-state index is 5.26. The number of benzene rings is 1. The summed E-state index contributed by atoms with van der Waals surface area (Å²) in [6, 6.07) is 9.33. The standard InChI is InChI=1S/C17H27NO/c1-3-4-14-18(15-8-6-5-7-9-15)16-10-12-17(19-2)13-11-16/h10-13,15H,3-9,14H2,1-2H3. The van der Waals surface area contributed by atoms with Crippen LogP contribution in [0.15, 0.2) is 24.3 Å². The Labute approximate surface area is 117 Å². The molecule has 1 aliphatic rings. The second-order valence-electron chi connectivity index (χ2n) is 5.54. The van der Waals surface area contributed by atoms with Crippen LogP contribution in [0.5, 0.6) is 5.75 Å². The van der Waals surface area contributed by atoms with E-state index < -0.39 is 0 Å². The number of hydrogen-bond acceptors (Lipinski definition) is 2. The van der Waals surface area contributed by atoms with Crippen molar-refractivity contribution in [3.63, 3.8) is 0 Å². The van der Waals surface area contributed by atoms with E-state index in [2.05, 4.69) is 36.1 Å². The molecule has 1 aromatic carbocycles. The number of hydrogen-bond donors (Lipinski definition) is 0. The summed E-state index contributed by atoms with van der Waals surface area (Å²) >= 11 is 0. The van der Waals surface area contributed by atoms with Gasteiger partial charge in [-0.25, -0.2) is 0 Å². The molecule has 0 aliphatic heterocycles. The second-order valence-corrected chi connectivity index (χ2v) is 5.54. The van der Waals surface area contributed by atoms with Gasteiger partial charge in [0.25, 0.3) is 0 Å². The molecule has 1 fully saturated rings. The molecule has 0 atom stereocenters. The fraction of sp³-hybridized carbons (Fsp3) is 0.647. The number of nitrogens with zero attached hydrogens (tertiary/aromatic N) is 1. The zero-order valence-corrected chi connectivity index (χ0v) is 12.4. The summed E-state index contributed by atoms with van der Waals surface area (Å²) in [7, 11) is 1.73. The average molecular weight is 261 g/mol. The number of ether oxygens (including phenoxy) is 1. The first kappa shape index (κ1) is 14.2. The van der Waals surface area contributed by atoms with Crippen LogP contribution < -0.4 is 9.64 Å². The zero-order valence-electron chi connectivity index (χ0n) is 12.4. The fourth-order valence-electron chi connectivity index (χ4n) is 3.02. The Hall–Kier alpha value is -1.18. The van der Waals surface area contributed by atoms with E-state index in [0.717, 1.165) is 11.8 Å². The van der Waals surface area contributed by atoms with Crippen molar-refractivity contribution in [3.8, 4) is 5.75 Å². The minimum atomic E-state index is 0.744. The molecule has 2 nitrogen and oxygen atoms in total. The van der Waals surface area contributed by atoms with Crippen LogP contribution in [0.4, 0.5) is 5.69 Å². The van der Waals surface area contributed by atoms with E-state index in [1.165, 1.54) is 57.2 Å². The van der Waals surface area contributed by atoms with Crippen LogP contribution in [0.1, 0.15) is 51.9 Å². The van der Waals surface area contributed by atoms with Gasteiger partial charge in [-0.1, -0.05) is 32.6 Å². The first-order valence-corrected chi connectivity index (χ1v) is 7.76. The Morgan fingerprint density at radius 1 is 1.11 bits per heavy atom. The summed E-state index contributed by atoms with van der Waals surface area (Å²) < 4.78 is 5.26. The molecule has 2 heteroatoms. The number of rotatable bonds is 6. The van der Waals surface area contributed by atoms with Crippen LogP contribution in [-0.2, 0) is 0 Å². The molecule has 1 saturated carbocycles. The predicted octanol–water partition coefficient (Wildman–Crippen LogP) is 4.63.